The van der Waals surface area contributed by atoms with Gasteiger partial charge in [0.1, 0.15) is 5.75 Å². The molecule has 21 heavy (non-hydrogen) atoms. The first-order chi connectivity index (χ1) is 10.0. The van der Waals surface area contributed by atoms with Crippen LogP contribution in [-0.4, -0.2) is 13.0 Å². The zero-order chi connectivity index (χ0) is 15.4. The molecule has 0 amide bonds. The maximum Gasteiger partial charge on any atom is 0.192 e. The molecule has 0 saturated carbocycles. The lowest BCUT2D eigenvalue weighted by atomic mass is 10.1. The maximum atomic E-state index is 13.6. The quantitative estimate of drug-likeness (QED) is 0.594. The summed E-state index contributed by atoms with van der Waals surface area (Å²) in [6.07, 6.45) is 0. The highest BCUT2D eigenvalue weighted by atomic mass is 19.1. The monoisotopic (exact) mass is 287 g/mol. The SMILES string of the molecule is CNC(=N)Nc1cc(C)c(Oc2ccccc2F)cc1C. The van der Waals surface area contributed by atoms with Crippen molar-refractivity contribution in [1.29, 1.82) is 5.41 Å². The minimum absolute atomic E-state index is 0.198. The average molecular weight is 287 g/mol. The highest BCUT2D eigenvalue weighted by molar-refractivity contribution is 5.91. The molecule has 0 fully saturated rings. The molecule has 0 aromatic heterocycles. The van der Waals surface area contributed by atoms with E-state index in [2.05, 4.69) is 10.6 Å². The van der Waals surface area contributed by atoms with Crippen LogP contribution in [0.3, 0.4) is 0 Å². The van der Waals surface area contributed by atoms with Crippen LogP contribution >= 0.6 is 0 Å². The molecule has 0 spiro atoms. The van der Waals surface area contributed by atoms with Crippen LogP contribution in [0.15, 0.2) is 36.4 Å². The number of anilines is 1. The van der Waals surface area contributed by atoms with Crippen molar-refractivity contribution in [3.8, 4) is 11.5 Å². The summed E-state index contributed by atoms with van der Waals surface area (Å²) in [6, 6.07) is 10.0. The van der Waals surface area contributed by atoms with Gasteiger partial charge in [0.25, 0.3) is 0 Å². The first-order valence-corrected chi connectivity index (χ1v) is 6.58. The summed E-state index contributed by atoms with van der Waals surface area (Å²) in [5.41, 5.74) is 2.58. The van der Waals surface area contributed by atoms with Crippen LogP contribution in [0.1, 0.15) is 11.1 Å². The molecule has 2 aromatic rings. The number of guanidine groups is 1. The van der Waals surface area contributed by atoms with Crippen molar-refractivity contribution < 1.29 is 9.13 Å². The zero-order valence-electron chi connectivity index (χ0n) is 12.3. The van der Waals surface area contributed by atoms with Gasteiger partial charge in [0.2, 0.25) is 0 Å². The number of aryl methyl sites for hydroxylation is 2. The van der Waals surface area contributed by atoms with E-state index in [4.69, 9.17) is 10.1 Å². The molecule has 0 bridgehead atoms. The topological polar surface area (TPSA) is 57.1 Å². The van der Waals surface area contributed by atoms with E-state index < -0.39 is 5.82 Å². The van der Waals surface area contributed by atoms with Crippen LogP contribution in [0.25, 0.3) is 0 Å². The second-order valence-electron chi connectivity index (χ2n) is 4.72. The molecule has 0 radical (unpaired) electrons. The minimum Gasteiger partial charge on any atom is -0.454 e. The number of hydrogen-bond donors (Lipinski definition) is 3. The fraction of sp³-hybridized carbons (Fsp3) is 0.188. The van der Waals surface area contributed by atoms with E-state index in [1.54, 1.807) is 25.2 Å². The van der Waals surface area contributed by atoms with Gasteiger partial charge in [-0.2, -0.15) is 0 Å². The van der Waals surface area contributed by atoms with Gasteiger partial charge < -0.3 is 15.4 Å². The third-order valence-corrected chi connectivity index (χ3v) is 3.09. The first-order valence-electron chi connectivity index (χ1n) is 6.58. The van der Waals surface area contributed by atoms with Gasteiger partial charge in [-0.25, -0.2) is 4.39 Å². The molecular weight excluding hydrogens is 269 g/mol. The Bertz CT molecular complexity index is 671. The van der Waals surface area contributed by atoms with E-state index in [0.717, 1.165) is 16.8 Å². The zero-order valence-corrected chi connectivity index (χ0v) is 12.3. The first kappa shape index (κ1) is 14.8. The van der Waals surface area contributed by atoms with Gasteiger partial charge in [0.05, 0.1) is 0 Å². The van der Waals surface area contributed by atoms with E-state index in [9.17, 15) is 4.39 Å². The summed E-state index contributed by atoms with van der Waals surface area (Å²) in [6.45, 7) is 3.78. The fourth-order valence-electron chi connectivity index (χ4n) is 1.88. The predicted molar refractivity (Wildman–Crippen MR) is 82.8 cm³/mol. The largest absolute Gasteiger partial charge is 0.454 e. The van der Waals surface area contributed by atoms with Crippen molar-refractivity contribution in [3.05, 3.63) is 53.3 Å². The van der Waals surface area contributed by atoms with Crippen LogP contribution in [0.4, 0.5) is 10.1 Å². The Morgan fingerprint density at radius 2 is 1.81 bits per heavy atom. The Morgan fingerprint density at radius 3 is 2.48 bits per heavy atom. The Hall–Kier alpha value is -2.56. The van der Waals surface area contributed by atoms with Crippen molar-refractivity contribution >= 4 is 11.6 Å². The Balaban J connectivity index is 2.28. The molecule has 0 aliphatic rings. The van der Waals surface area contributed by atoms with E-state index in [-0.39, 0.29) is 11.7 Å². The van der Waals surface area contributed by atoms with E-state index in [1.807, 2.05) is 26.0 Å². The van der Waals surface area contributed by atoms with Crippen molar-refractivity contribution in [1.82, 2.24) is 5.32 Å². The predicted octanol–water partition coefficient (Wildman–Crippen LogP) is 3.80. The summed E-state index contributed by atoms with van der Waals surface area (Å²) >= 11 is 0. The van der Waals surface area contributed by atoms with Crippen LogP contribution in [-0.2, 0) is 0 Å². The molecule has 5 heteroatoms. The average Bonchev–Trinajstić information content (AvgIpc) is 2.46. The number of halogens is 1. The summed E-state index contributed by atoms with van der Waals surface area (Å²) in [4.78, 5) is 0. The lowest BCUT2D eigenvalue weighted by molar-refractivity contribution is 0.439. The molecule has 4 nitrogen and oxygen atoms in total. The van der Waals surface area contributed by atoms with Gasteiger partial charge in [-0.15, -0.1) is 0 Å². The molecule has 0 aliphatic heterocycles. The third-order valence-electron chi connectivity index (χ3n) is 3.09. The highest BCUT2D eigenvalue weighted by Gasteiger charge is 2.09. The summed E-state index contributed by atoms with van der Waals surface area (Å²) < 4.78 is 19.3. The van der Waals surface area contributed by atoms with Crippen LogP contribution < -0.4 is 15.4 Å². The Morgan fingerprint density at radius 1 is 1.10 bits per heavy atom. The molecule has 0 aliphatic carbocycles. The lowest BCUT2D eigenvalue weighted by Crippen LogP contribution is -2.25. The van der Waals surface area contributed by atoms with Gasteiger partial charge in [0.15, 0.2) is 17.5 Å². The Kier molecular flexibility index (Phi) is 4.42. The van der Waals surface area contributed by atoms with Gasteiger partial charge >= 0.3 is 0 Å². The number of rotatable bonds is 3. The molecule has 110 valence electrons. The number of para-hydroxylation sites is 1. The van der Waals surface area contributed by atoms with E-state index in [1.165, 1.54) is 6.07 Å². The van der Waals surface area contributed by atoms with Crippen LogP contribution in [0, 0.1) is 25.1 Å². The maximum absolute atomic E-state index is 13.6. The van der Waals surface area contributed by atoms with Crippen molar-refractivity contribution in [3.63, 3.8) is 0 Å². The summed E-state index contributed by atoms with van der Waals surface area (Å²) in [7, 11) is 1.67. The molecule has 2 aromatic carbocycles. The summed E-state index contributed by atoms with van der Waals surface area (Å²) in [5, 5.41) is 13.3. The normalized spacial score (nSPS) is 10.1. The third kappa shape index (κ3) is 3.51. The second-order valence-corrected chi connectivity index (χ2v) is 4.72. The van der Waals surface area contributed by atoms with Gasteiger partial charge in [-0.3, -0.25) is 5.41 Å². The standard InChI is InChI=1S/C16H18FN3O/c1-10-9-15(21-14-7-5-4-6-12(14)17)11(2)8-13(10)20-16(18)19-3/h4-9H,1-3H3,(H3,18,19,20). The molecule has 3 N–H and O–H groups in total. The van der Waals surface area contributed by atoms with E-state index in [0.29, 0.717) is 5.75 Å². The molecule has 0 unspecified atom stereocenters. The number of nitrogens with one attached hydrogen (secondary N) is 3. The number of hydrogen-bond acceptors (Lipinski definition) is 2. The Labute approximate surface area is 123 Å². The lowest BCUT2D eigenvalue weighted by Gasteiger charge is -2.15. The van der Waals surface area contributed by atoms with Gasteiger partial charge in [-0.05, 0) is 49.2 Å². The molecule has 2 rings (SSSR count). The number of ether oxygens (including phenoxy) is 1. The molecule has 0 saturated heterocycles. The number of benzene rings is 2. The van der Waals surface area contributed by atoms with Crippen molar-refractivity contribution in [2.45, 2.75) is 13.8 Å². The van der Waals surface area contributed by atoms with Crippen molar-refractivity contribution in [2.75, 3.05) is 12.4 Å². The van der Waals surface area contributed by atoms with Gasteiger partial charge in [-0.1, -0.05) is 12.1 Å². The fourth-order valence-corrected chi connectivity index (χ4v) is 1.88. The van der Waals surface area contributed by atoms with Gasteiger partial charge in [0, 0.05) is 12.7 Å². The summed E-state index contributed by atoms with van der Waals surface area (Å²) in [5.74, 6) is 0.608. The van der Waals surface area contributed by atoms with Crippen LogP contribution in [0.2, 0.25) is 0 Å². The smallest absolute Gasteiger partial charge is 0.192 e. The molecular formula is C16H18FN3O. The van der Waals surface area contributed by atoms with Crippen LogP contribution in [0.5, 0.6) is 11.5 Å². The molecule has 0 heterocycles. The second kappa shape index (κ2) is 6.26. The minimum atomic E-state index is -0.395. The van der Waals surface area contributed by atoms with Crippen molar-refractivity contribution in [2.24, 2.45) is 0 Å². The highest BCUT2D eigenvalue weighted by Crippen LogP contribution is 2.31. The van der Waals surface area contributed by atoms with E-state index >= 15 is 0 Å². The molecule has 0 atom stereocenters.